The minimum atomic E-state index is -0.126. The normalized spacial score (nSPS) is 20.4. The number of rotatable bonds is 7. The van der Waals surface area contributed by atoms with Gasteiger partial charge in [-0.25, -0.2) is 0 Å². The summed E-state index contributed by atoms with van der Waals surface area (Å²) in [6.07, 6.45) is 11.3. The van der Waals surface area contributed by atoms with Crippen LogP contribution in [0.15, 0.2) is 42.1 Å². The maximum atomic E-state index is 12.5. The summed E-state index contributed by atoms with van der Waals surface area (Å²) in [7, 11) is 0. The highest BCUT2D eigenvalue weighted by Crippen LogP contribution is 2.32. The number of hydrogen-bond donors (Lipinski definition) is 1. The van der Waals surface area contributed by atoms with Crippen molar-refractivity contribution >= 4 is 28.8 Å². The van der Waals surface area contributed by atoms with Crippen molar-refractivity contribution in [2.75, 3.05) is 6.54 Å². The molecule has 0 saturated heterocycles. The molecule has 1 atom stereocenters. The molecule has 1 aliphatic carbocycles. The molecular weight excluding hydrogens is 372 g/mol. The Kier molecular flexibility index (Phi) is 7.32. The summed E-state index contributed by atoms with van der Waals surface area (Å²) >= 11 is 6.16. The zero-order valence-electron chi connectivity index (χ0n) is 16.5. The van der Waals surface area contributed by atoms with E-state index < -0.39 is 0 Å². The van der Waals surface area contributed by atoms with Gasteiger partial charge in [0, 0.05) is 18.0 Å². The lowest BCUT2D eigenvalue weighted by molar-refractivity contribution is -0.114. The van der Waals surface area contributed by atoms with Crippen LogP contribution in [0.5, 0.6) is 0 Å². The number of benzene rings is 1. The van der Waals surface area contributed by atoms with Gasteiger partial charge in [-0.05, 0) is 60.9 Å². The van der Waals surface area contributed by atoms with Crippen LogP contribution in [0.2, 0.25) is 5.02 Å². The molecule has 1 saturated carbocycles. The fourth-order valence-corrected chi connectivity index (χ4v) is 4.26. The van der Waals surface area contributed by atoms with E-state index in [4.69, 9.17) is 16.4 Å². The third kappa shape index (κ3) is 5.26. The lowest BCUT2D eigenvalue weighted by Gasteiger charge is -2.25. The minimum absolute atomic E-state index is 0.0754. The van der Waals surface area contributed by atoms with Gasteiger partial charge in [-0.3, -0.25) is 4.79 Å². The van der Waals surface area contributed by atoms with Gasteiger partial charge in [-0.1, -0.05) is 60.8 Å². The van der Waals surface area contributed by atoms with Gasteiger partial charge < -0.3 is 10.2 Å². The highest BCUT2D eigenvalue weighted by Gasteiger charge is 2.33. The molecule has 1 heterocycles. The van der Waals surface area contributed by atoms with Gasteiger partial charge in [0.25, 0.3) is 5.91 Å². The zero-order valence-corrected chi connectivity index (χ0v) is 17.3. The first kappa shape index (κ1) is 20.7. The van der Waals surface area contributed by atoms with E-state index in [1.54, 1.807) is 6.08 Å². The number of amides is 1. The Morgan fingerprint density at radius 2 is 2.14 bits per heavy atom. The molecule has 1 aromatic rings. The molecule has 3 rings (SSSR count). The minimum Gasteiger partial charge on any atom is -0.391 e. The van der Waals surface area contributed by atoms with Crippen molar-refractivity contribution in [3.05, 3.63) is 53.1 Å². The predicted molar refractivity (Wildman–Crippen MR) is 115 cm³/mol. The SMILES string of the molecule is C=C/C=C(/CCNC(=O)C1=NOC(C2CCCCC2)C1)c1cc(Cl)ccc1C. The molecule has 0 bridgehead atoms. The van der Waals surface area contributed by atoms with Crippen LogP contribution in [-0.2, 0) is 9.63 Å². The van der Waals surface area contributed by atoms with E-state index in [1.807, 2.05) is 24.3 Å². The van der Waals surface area contributed by atoms with Crippen molar-refractivity contribution in [1.82, 2.24) is 5.32 Å². The second-order valence-electron chi connectivity index (χ2n) is 7.68. The van der Waals surface area contributed by atoms with E-state index in [9.17, 15) is 4.79 Å². The van der Waals surface area contributed by atoms with E-state index in [0.717, 1.165) is 16.7 Å². The van der Waals surface area contributed by atoms with Crippen molar-refractivity contribution in [2.24, 2.45) is 11.1 Å². The molecule has 4 nitrogen and oxygen atoms in total. The number of carbonyl (C=O) groups is 1. The highest BCUT2D eigenvalue weighted by atomic mass is 35.5. The highest BCUT2D eigenvalue weighted by molar-refractivity contribution is 6.39. The van der Waals surface area contributed by atoms with Crippen molar-refractivity contribution in [3.63, 3.8) is 0 Å². The Labute approximate surface area is 172 Å². The van der Waals surface area contributed by atoms with Crippen molar-refractivity contribution < 1.29 is 9.63 Å². The summed E-state index contributed by atoms with van der Waals surface area (Å²) in [5, 5.41) is 7.75. The number of nitrogens with zero attached hydrogens (tertiary/aromatic N) is 1. The average Bonchev–Trinajstić information content (AvgIpc) is 3.20. The van der Waals surface area contributed by atoms with Gasteiger partial charge in [-0.15, -0.1) is 0 Å². The second-order valence-corrected chi connectivity index (χ2v) is 8.11. The number of hydrogen-bond acceptors (Lipinski definition) is 3. The molecule has 5 heteroatoms. The average molecular weight is 401 g/mol. The largest absolute Gasteiger partial charge is 0.391 e. The number of oxime groups is 1. The molecular formula is C23H29ClN2O2. The zero-order chi connectivity index (χ0) is 19.9. The molecule has 1 aliphatic heterocycles. The standard InChI is InChI=1S/C23H29ClN2O2/c1-3-7-17(20-14-19(24)11-10-16(20)2)12-13-25-23(27)21-15-22(28-26-21)18-8-5-4-6-9-18/h3,7,10-11,14,18,22H,1,4-6,8-9,12-13,15H2,2H3,(H,25,27)/b17-7-. The van der Waals surface area contributed by atoms with Gasteiger partial charge in [0.2, 0.25) is 0 Å². The first-order chi connectivity index (χ1) is 13.6. The maximum Gasteiger partial charge on any atom is 0.269 e. The Morgan fingerprint density at radius 1 is 1.36 bits per heavy atom. The smallest absolute Gasteiger partial charge is 0.269 e. The van der Waals surface area contributed by atoms with Crippen LogP contribution in [0, 0.1) is 12.8 Å². The second kappa shape index (κ2) is 9.92. The molecule has 0 radical (unpaired) electrons. The maximum absolute atomic E-state index is 12.5. The Bertz CT molecular complexity index is 779. The predicted octanol–water partition coefficient (Wildman–Crippen LogP) is 5.45. The first-order valence-electron chi connectivity index (χ1n) is 10.2. The van der Waals surface area contributed by atoms with Gasteiger partial charge in [-0.2, -0.15) is 0 Å². The molecule has 0 aromatic heterocycles. The van der Waals surface area contributed by atoms with Crippen molar-refractivity contribution in [3.8, 4) is 0 Å². The summed E-state index contributed by atoms with van der Waals surface area (Å²) in [5.41, 5.74) is 3.84. The van der Waals surface area contributed by atoms with Crippen LogP contribution < -0.4 is 5.32 Å². The number of aryl methyl sites for hydroxylation is 1. The van der Waals surface area contributed by atoms with Crippen LogP contribution in [0.1, 0.15) is 56.1 Å². The number of nitrogens with one attached hydrogen (secondary N) is 1. The van der Waals surface area contributed by atoms with Crippen LogP contribution >= 0.6 is 11.6 Å². The summed E-state index contributed by atoms with van der Waals surface area (Å²) in [4.78, 5) is 18.1. The third-order valence-corrected chi connectivity index (χ3v) is 5.91. The molecule has 1 fully saturated rings. The van der Waals surface area contributed by atoms with Gasteiger partial charge in [0.15, 0.2) is 0 Å². The van der Waals surface area contributed by atoms with E-state index in [2.05, 4.69) is 24.0 Å². The Balaban J connectivity index is 1.52. The summed E-state index contributed by atoms with van der Waals surface area (Å²) < 4.78 is 0. The summed E-state index contributed by atoms with van der Waals surface area (Å²) in [6.45, 7) is 6.38. The number of carbonyl (C=O) groups excluding carboxylic acids is 1. The van der Waals surface area contributed by atoms with E-state index in [0.29, 0.717) is 36.0 Å². The van der Waals surface area contributed by atoms with Crippen LogP contribution in [0.3, 0.4) is 0 Å². The first-order valence-corrected chi connectivity index (χ1v) is 10.5. The molecule has 28 heavy (non-hydrogen) atoms. The molecule has 1 amide bonds. The van der Waals surface area contributed by atoms with Crippen LogP contribution in [0.25, 0.3) is 5.57 Å². The van der Waals surface area contributed by atoms with E-state index in [-0.39, 0.29) is 12.0 Å². The van der Waals surface area contributed by atoms with Crippen molar-refractivity contribution in [2.45, 2.75) is 58.0 Å². The molecule has 0 spiro atoms. The Morgan fingerprint density at radius 3 is 2.89 bits per heavy atom. The topological polar surface area (TPSA) is 50.7 Å². The molecule has 1 aromatic carbocycles. The lowest BCUT2D eigenvalue weighted by Crippen LogP contribution is -2.33. The monoisotopic (exact) mass is 400 g/mol. The number of halogens is 1. The van der Waals surface area contributed by atoms with Gasteiger partial charge in [0.1, 0.15) is 11.8 Å². The van der Waals surface area contributed by atoms with E-state index >= 15 is 0 Å². The fraction of sp³-hybridized carbons (Fsp3) is 0.478. The fourth-order valence-electron chi connectivity index (χ4n) is 4.09. The van der Waals surface area contributed by atoms with E-state index in [1.165, 1.54) is 32.1 Å². The number of allylic oxidation sites excluding steroid dienone is 2. The van der Waals surface area contributed by atoms with Gasteiger partial charge >= 0.3 is 0 Å². The quantitative estimate of drug-likeness (QED) is 0.618. The van der Waals surface area contributed by atoms with Crippen LogP contribution in [-0.4, -0.2) is 24.3 Å². The summed E-state index contributed by atoms with van der Waals surface area (Å²) in [6, 6.07) is 5.84. The molecule has 2 aliphatic rings. The van der Waals surface area contributed by atoms with Gasteiger partial charge in [0.05, 0.1) is 0 Å². The van der Waals surface area contributed by atoms with Crippen molar-refractivity contribution in [1.29, 1.82) is 0 Å². The van der Waals surface area contributed by atoms with Crippen LogP contribution in [0.4, 0.5) is 0 Å². The summed E-state index contributed by atoms with van der Waals surface area (Å²) in [5.74, 6) is 0.412. The lowest BCUT2D eigenvalue weighted by atomic mass is 9.84. The molecule has 150 valence electrons. The third-order valence-electron chi connectivity index (χ3n) is 5.68. The Hall–Kier alpha value is -2.07. The molecule has 1 unspecified atom stereocenters. The molecule has 1 N–H and O–H groups in total.